The SMILES string of the molecule is OC1CCCC(CNC2CCOc3ccccc32)C1. The van der Waals surface area contributed by atoms with Crippen molar-refractivity contribution in [2.45, 2.75) is 44.2 Å². The minimum atomic E-state index is -0.0810. The molecular weight excluding hydrogens is 238 g/mol. The lowest BCUT2D eigenvalue weighted by molar-refractivity contribution is 0.0987. The van der Waals surface area contributed by atoms with Gasteiger partial charge in [0.15, 0.2) is 0 Å². The fourth-order valence-corrected chi connectivity index (χ4v) is 3.31. The third-order valence-corrected chi connectivity index (χ3v) is 4.37. The molecule has 0 amide bonds. The summed E-state index contributed by atoms with van der Waals surface area (Å²) in [4.78, 5) is 0. The summed E-state index contributed by atoms with van der Waals surface area (Å²) in [5.41, 5.74) is 1.28. The van der Waals surface area contributed by atoms with Gasteiger partial charge in [-0.05, 0) is 37.8 Å². The first-order chi connectivity index (χ1) is 9.33. The highest BCUT2D eigenvalue weighted by atomic mass is 16.5. The molecule has 2 aliphatic rings. The summed E-state index contributed by atoms with van der Waals surface area (Å²) in [5.74, 6) is 1.65. The van der Waals surface area contributed by atoms with Crippen molar-refractivity contribution in [1.82, 2.24) is 5.32 Å². The maximum absolute atomic E-state index is 9.73. The molecule has 1 saturated carbocycles. The zero-order valence-electron chi connectivity index (χ0n) is 11.3. The van der Waals surface area contributed by atoms with Crippen molar-refractivity contribution in [3.8, 4) is 5.75 Å². The summed E-state index contributed by atoms with van der Waals surface area (Å²) in [7, 11) is 0. The van der Waals surface area contributed by atoms with E-state index >= 15 is 0 Å². The van der Waals surface area contributed by atoms with Gasteiger partial charge < -0.3 is 15.2 Å². The van der Waals surface area contributed by atoms with Crippen LogP contribution in [0.5, 0.6) is 5.75 Å². The lowest BCUT2D eigenvalue weighted by Crippen LogP contribution is -2.33. The van der Waals surface area contributed by atoms with Crippen molar-refractivity contribution in [2.75, 3.05) is 13.2 Å². The molecule has 104 valence electrons. The Morgan fingerprint density at radius 2 is 2.11 bits per heavy atom. The van der Waals surface area contributed by atoms with Gasteiger partial charge in [0.05, 0.1) is 12.7 Å². The zero-order valence-corrected chi connectivity index (χ0v) is 11.3. The monoisotopic (exact) mass is 261 g/mol. The molecule has 0 bridgehead atoms. The molecule has 3 nitrogen and oxygen atoms in total. The molecule has 1 aromatic carbocycles. The van der Waals surface area contributed by atoms with Crippen LogP contribution in [0.15, 0.2) is 24.3 Å². The third-order valence-electron chi connectivity index (χ3n) is 4.37. The van der Waals surface area contributed by atoms with Gasteiger partial charge in [0.1, 0.15) is 5.75 Å². The van der Waals surface area contributed by atoms with E-state index in [2.05, 4.69) is 17.4 Å². The number of rotatable bonds is 3. The maximum atomic E-state index is 9.73. The van der Waals surface area contributed by atoms with Gasteiger partial charge in [0, 0.05) is 18.0 Å². The molecule has 3 atom stereocenters. The Labute approximate surface area is 115 Å². The number of hydrogen-bond donors (Lipinski definition) is 2. The fourth-order valence-electron chi connectivity index (χ4n) is 3.31. The van der Waals surface area contributed by atoms with Crippen molar-refractivity contribution in [3.63, 3.8) is 0 Å². The van der Waals surface area contributed by atoms with Crippen molar-refractivity contribution in [3.05, 3.63) is 29.8 Å². The van der Waals surface area contributed by atoms with Crippen molar-refractivity contribution >= 4 is 0 Å². The standard InChI is InChI=1S/C16H23NO2/c18-13-5-3-4-12(10-13)11-17-15-8-9-19-16-7-2-1-6-14(15)16/h1-2,6-7,12-13,15,17-18H,3-5,8-11H2. The average molecular weight is 261 g/mol. The highest BCUT2D eigenvalue weighted by Gasteiger charge is 2.24. The van der Waals surface area contributed by atoms with E-state index < -0.39 is 0 Å². The van der Waals surface area contributed by atoms with Gasteiger partial charge >= 0.3 is 0 Å². The summed E-state index contributed by atoms with van der Waals surface area (Å²) >= 11 is 0. The second-order valence-corrected chi connectivity index (χ2v) is 5.82. The van der Waals surface area contributed by atoms with Crippen LogP contribution < -0.4 is 10.1 Å². The molecule has 0 spiro atoms. The first-order valence-corrected chi connectivity index (χ1v) is 7.46. The minimum absolute atomic E-state index is 0.0810. The number of para-hydroxylation sites is 1. The number of benzene rings is 1. The molecule has 19 heavy (non-hydrogen) atoms. The van der Waals surface area contributed by atoms with Crippen LogP contribution in [0.1, 0.15) is 43.7 Å². The van der Waals surface area contributed by atoms with Crippen LogP contribution >= 0.6 is 0 Å². The van der Waals surface area contributed by atoms with Gasteiger partial charge in [-0.25, -0.2) is 0 Å². The lowest BCUT2D eigenvalue weighted by Gasteiger charge is -2.31. The van der Waals surface area contributed by atoms with Gasteiger partial charge in [0.2, 0.25) is 0 Å². The molecule has 3 heteroatoms. The molecular formula is C16H23NO2. The van der Waals surface area contributed by atoms with E-state index in [-0.39, 0.29) is 6.10 Å². The van der Waals surface area contributed by atoms with Crippen LogP contribution in [0.4, 0.5) is 0 Å². The Bertz CT molecular complexity index is 421. The Balaban J connectivity index is 1.59. The van der Waals surface area contributed by atoms with Gasteiger partial charge in [-0.2, -0.15) is 0 Å². The molecule has 1 aliphatic heterocycles. The zero-order chi connectivity index (χ0) is 13.1. The van der Waals surface area contributed by atoms with Crippen LogP contribution in [-0.2, 0) is 0 Å². The molecule has 1 aliphatic carbocycles. The Kier molecular flexibility index (Phi) is 4.04. The molecule has 1 aromatic rings. The summed E-state index contributed by atoms with van der Waals surface area (Å²) < 4.78 is 5.68. The number of fused-ring (bicyclic) bond motifs is 1. The Morgan fingerprint density at radius 3 is 3.00 bits per heavy atom. The molecule has 2 N–H and O–H groups in total. The van der Waals surface area contributed by atoms with Crippen LogP contribution in [-0.4, -0.2) is 24.4 Å². The summed E-state index contributed by atoms with van der Waals surface area (Å²) in [5, 5.41) is 13.4. The summed E-state index contributed by atoms with van der Waals surface area (Å²) in [6.45, 7) is 1.80. The molecule has 3 unspecified atom stereocenters. The van der Waals surface area contributed by atoms with Gasteiger partial charge in [-0.3, -0.25) is 0 Å². The van der Waals surface area contributed by atoms with Crippen molar-refractivity contribution in [2.24, 2.45) is 5.92 Å². The largest absolute Gasteiger partial charge is 0.493 e. The first-order valence-electron chi connectivity index (χ1n) is 7.46. The fraction of sp³-hybridized carbons (Fsp3) is 0.625. The van der Waals surface area contributed by atoms with Gasteiger partial charge in [0.25, 0.3) is 0 Å². The van der Waals surface area contributed by atoms with Crippen molar-refractivity contribution < 1.29 is 9.84 Å². The average Bonchev–Trinajstić information content (AvgIpc) is 2.45. The maximum Gasteiger partial charge on any atom is 0.124 e. The summed E-state index contributed by atoms with van der Waals surface area (Å²) in [6, 6.07) is 8.71. The second kappa shape index (κ2) is 5.93. The quantitative estimate of drug-likeness (QED) is 0.879. The van der Waals surface area contributed by atoms with Crippen LogP contribution in [0, 0.1) is 5.92 Å². The topological polar surface area (TPSA) is 41.5 Å². The Morgan fingerprint density at radius 1 is 1.21 bits per heavy atom. The predicted molar refractivity (Wildman–Crippen MR) is 75.3 cm³/mol. The molecule has 1 fully saturated rings. The molecule has 0 saturated heterocycles. The Hall–Kier alpha value is -1.06. The van der Waals surface area contributed by atoms with E-state index in [4.69, 9.17) is 4.74 Å². The number of hydrogen-bond acceptors (Lipinski definition) is 3. The predicted octanol–water partition coefficient (Wildman–Crippen LogP) is 2.65. The number of nitrogens with one attached hydrogen (secondary N) is 1. The molecule has 3 rings (SSSR count). The second-order valence-electron chi connectivity index (χ2n) is 5.82. The molecule has 0 radical (unpaired) electrons. The van der Waals surface area contributed by atoms with E-state index in [1.54, 1.807) is 0 Å². The molecule has 1 heterocycles. The van der Waals surface area contributed by atoms with Crippen LogP contribution in [0.2, 0.25) is 0 Å². The number of aliphatic hydroxyl groups excluding tert-OH is 1. The minimum Gasteiger partial charge on any atom is -0.493 e. The highest BCUT2D eigenvalue weighted by Crippen LogP contribution is 2.32. The van der Waals surface area contributed by atoms with Gasteiger partial charge in [-0.1, -0.05) is 24.6 Å². The van der Waals surface area contributed by atoms with E-state index in [0.717, 1.165) is 44.6 Å². The lowest BCUT2D eigenvalue weighted by atomic mass is 9.87. The third kappa shape index (κ3) is 3.10. The van der Waals surface area contributed by atoms with E-state index in [9.17, 15) is 5.11 Å². The van der Waals surface area contributed by atoms with Crippen LogP contribution in [0.25, 0.3) is 0 Å². The van der Waals surface area contributed by atoms with Crippen LogP contribution in [0.3, 0.4) is 0 Å². The normalized spacial score (nSPS) is 30.5. The van der Waals surface area contributed by atoms with E-state index in [1.165, 1.54) is 12.0 Å². The number of ether oxygens (including phenoxy) is 1. The highest BCUT2D eigenvalue weighted by molar-refractivity contribution is 5.37. The van der Waals surface area contributed by atoms with E-state index in [1.807, 2.05) is 12.1 Å². The summed E-state index contributed by atoms with van der Waals surface area (Å²) in [6.07, 6.45) is 5.30. The smallest absolute Gasteiger partial charge is 0.124 e. The number of aliphatic hydroxyl groups is 1. The molecule has 0 aromatic heterocycles. The van der Waals surface area contributed by atoms with Crippen molar-refractivity contribution in [1.29, 1.82) is 0 Å². The van der Waals surface area contributed by atoms with E-state index in [0.29, 0.717) is 12.0 Å². The first kappa shape index (κ1) is 12.9. The van der Waals surface area contributed by atoms with Gasteiger partial charge in [-0.15, -0.1) is 0 Å².